The van der Waals surface area contributed by atoms with Gasteiger partial charge in [0.1, 0.15) is 19.0 Å². The average Bonchev–Trinajstić information content (AvgIpc) is 2.73. The molecule has 0 aliphatic carbocycles. The van der Waals surface area contributed by atoms with E-state index in [0.29, 0.717) is 24.7 Å². The molecule has 0 atom stereocenters. The van der Waals surface area contributed by atoms with Gasteiger partial charge in [0.05, 0.1) is 30.9 Å². The maximum atomic E-state index is 12.2. The molecular weight excluding hydrogens is 366 g/mol. The maximum Gasteiger partial charge on any atom is 0.234 e. The molecule has 0 spiro atoms. The Morgan fingerprint density at radius 3 is 2.67 bits per heavy atom. The van der Waals surface area contributed by atoms with Crippen molar-refractivity contribution in [3.8, 4) is 11.5 Å². The van der Waals surface area contributed by atoms with Crippen LogP contribution in [0.4, 0.5) is 11.5 Å². The monoisotopic (exact) mass is 387 g/mol. The topological polar surface area (TPSA) is 72.9 Å². The molecule has 1 aromatic heterocycles. The first-order valence-electron chi connectivity index (χ1n) is 8.89. The molecule has 2 aromatic rings. The van der Waals surface area contributed by atoms with E-state index in [1.807, 2.05) is 30.3 Å². The molecule has 1 N–H and O–H groups in total. The van der Waals surface area contributed by atoms with Crippen LogP contribution in [-0.2, 0) is 9.53 Å². The summed E-state index contributed by atoms with van der Waals surface area (Å²) >= 11 is 1.46. The zero-order valence-electron chi connectivity index (χ0n) is 14.8. The second-order valence-electron chi connectivity index (χ2n) is 6.15. The molecule has 0 bridgehead atoms. The highest BCUT2D eigenvalue weighted by Gasteiger charge is 2.14. The minimum absolute atomic E-state index is 0.0733. The van der Waals surface area contributed by atoms with E-state index in [-0.39, 0.29) is 5.91 Å². The second kappa shape index (κ2) is 8.49. The van der Waals surface area contributed by atoms with Crippen LogP contribution in [0.1, 0.15) is 0 Å². The summed E-state index contributed by atoms with van der Waals surface area (Å²) in [6.45, 7) is 4.24. The first-order chi connectivity index (χ1) is 13.3. The standard InChI is InChI=1S/C19H21N3O4S/c23-19(13-27-15-2-3-16-17(11-15)26-10-9-25-16)21-14-1-4-18(20-12-14)22-5-7-24-8-6-22/h1-4,11-12H,5-10,13H2,(H,21,23). The van der Waals surface area contributed by atoms with Crippen LogP contribution in [0.2, 0.25) is 0 Å². The van der Waals surface area contributed by atoms with Crippen LogP contribution in [0.3, 0.4) is 0 Å². The van der Waals surface area contributed by atoms with Gasteiger partial charge in [-0.05, 0) is 30.3 Å². The fraction of sp³-hybridized carbons (Fsp3) is 0.368. The minimum atomic E-state index is -0.0733. The third kappa shape index (κ3) is 4.64. The van der Waals surface area contributed by atoms with Crippen LogP contribution >= 0.6 is 11.8 Å². The number of fused-ring (bicyclic) bond motifs is 1. The Kier molecular flexibility index (Phi) is 5.64. The smallest absolute Gasteiger partial charge is 0.234 e. The molecule has 0 unspecified atom stereocenters. The lowest BCUT2D eigenvalue weighted by Crippen LogP contribution is -2.36. The number of thioether (sulfide) groups is 1. The average molecular weight is 387 g/mol. The quantitative estimate of drug-likeness (QED) is 0.790. The highest BCUT2D eigenvalue weighted by molar-refractivity contribution is 8.00. The molecule has 2 aliphatic heterocycles. The number of ether oxygens (including phenoxy) is 3. The zero-order valence-corrected chi connectivity index (χ0v) is 15.7. The number of hydrogen-bond acceptors (Lipinski definition) is 7. The van der Waals surface area contributed by atoms with Gasteiger partial charge < -0.3 is 24.4 Å². The van der Waals surface area contributed by atoms with Crippen molar-refractivity contribution < 1.29 is 19.0 Å². The Hall–Kier alpha value is -2.45. The maximum absolute atomic E-state index is 12.2. The van der Waals surface area contributed by atoms with E-state index in [0.717, 1.165) is 48.5 Å². The Morgan fingerprint density at radius 2 is 1.89 bits per heavy atom. The van der Waals surface area contributed by atoms with Crippen LogP contribution in [0.5, 0.6) is 11.5 Å². The van der Waals surface area contributed by atoms with Crippen LogP contribution < -0.4 is 19.7 Å². The number of rotatable bonds is 5. The van der Waals surface area contributed by atoms with Gasteiger partial charge in [-0.2, -0.15) is 0 Å². The van der Waals surface area contributed by atoms with E-state index in [2.05, 4.69) is 15.2 Å². The zero-order chi connectivity index (χ0) is 18.5. The molecule has 2 aliphatic rings. The number of aromatic nitrogens is 1. The van der Waals surface area contributed by atoms with Crippen molar-refractivity contribution >= 4 is 29.2 Å². The molecule has 1 fully saturated rings. The van der Waals surface area contributed by atoms with Crippen molar-refractivity contribution in [3.63, 3.8) is 0 Å². The minimum Gasteiger partial charge on any atom is -0.486 e. The Balaban J connectivity index is 1.29. The molecule has 4 rings (SSSR count). The van der Waals surface area contributed by atoms with E-state index in [9.17, 15) is 4.79 Å². The number of nitrogens with zero attached hydrogens (tertiary/aromatic N) is 2. The number of anilines is 2. The van der Waals surface area contributed by atoms with Crippen LogP contribution in [-0.4, -0.2) is 56.2 Å². The summed E-state index contributed by atoms with van der Waals surface area (Å²) in [5.74, 6) is 2.62. The molecule has 0 radical (unpaired) electrons. The Bertz CT molecular complexity index is 794. The number of hydrogen-bond donors (Lipinski definition) is 1. The fourth-order valence-corrected chi connectivity index (χ4v) is 3.62. The largest absolute Gasteiger partial charge is 0.486 e. The van der Waals surface area contributed by atoms with Gasteiger partial charge in [-0.3, -0.25) is 4.79 Å². The number of carbonyl (C=O) groups excluding carboxylic acids is 1. The number of amides is 1. The van der Waals surface area contributed by atoms with Gasteiger partial charge in [-0.25, -0.2) is 4.98 Å². The van der Waals surface area contributed by atoms with Gasteiger partial charge in [-0.1, -0.05) is 0 Å². The number of morpholine rings is 1. The molecule has 1 aromatic carbocycles. The van der Waals surface area contributed by atoms with Crippen molar-refractivity contribution in [3.05, 3.63) is 36.5 Å². The lowest BCUT2D eigenvalue weighted by atomic mass is 10.3. The first-order valence-corrected chi connectivity index (χ1v) is 9.87. The second-order valence-corrected chi connectivity index (χ2v) is 7.20. The van der Waals surface area contributed by atoms with E-state index >= 15 is 0 Å². The molecule has 1 amide bonds. The number of carbonyl (C=O) groups is 1. The van der Waals surface area contributed by atoms with Crippen molar-refractivity contribution in [2.24, 2.45) is 0 Å². The lowest BCUT2D eigenvalue weighted by molar-refractivity contribution is -0.113. The third-order valence-electron chi connectivity index (χ3n) is 4.25. The molecule has 8 heteroatoms. The summed E-state index contributed by atoms with van der Waals surface area (Å²) < 4.78 is 16.4. The molecule has 3 heterocycles. The van der Waals surface area contributed by atoms with Crippen molar-refractivity contribution in [1.82, 2.24) is 4.98 Å². The molecule has 142 valence electrons. The Morgan fingerprint density at radius 1 is 1.07 bits per heavy atom. The lowest BCUT2D eigenvalue weighted by Gasteiger charge is -2.27. The normalized spacial score (nSPS) is 16.1. The summed E-state index contributed by atoms with van der Waals surface area (Å²) in [4.78, 5) is 19.8. The van der Waals surface area contributed by atoms with Crippen molar-refractivity contribution in [2.45, 2.75) is 4.90 Å². The number of nitrogens with one attached hydrogen (secondary N) is 1. The van der Waals surface area contributed by atoms with Crippen LogP contribution in [0.15, 0.2) is 41.4 Å². The number of benzene rings is 1. The van der Waals surface area contributed by atoms with Crippen LogP contribution in [0, 0.1) is 0 Å². The van der Waals surface area contributed by atoms with Gasteiger partial charge in [0.2, 0.25) is 5.91 Å². The summed E-state index contributed by atoms with van der Waals surface area (Å²) in [6, 6.07) is 9.53. The van der Waals surface area contributed by atoms with Gasteiger partial charge >= 0.3 is 0 Å². The fourth-order valence-electron chi connectivity index (χ4n) is 2.90. The highest BCUT2D eigenvalue weighted by atomic mass is 32.2. The summed E-state index contributed by atoms with van der Waals surface area (Å²) in [5.41, 5.74) is 0.694. The highest BCUT2D eigenvalue weighted by Crippen LogP contribution is 2.34. The molecule has 27 heavy (non-hydrogen) atoms. The molecular formula is C19H21N3O4S. The van der Waals surface area contributed by atoms with E-state index < -0.39 is 0 Å². The SMILES string of the molecule is O=C(CSc1ccc2c(c1)OCCO2)Nc1ccc(N2CCOCC2)nc1. The van der Waals surface area contributed by atoms with E-state index in [1.165, 1.54) is 11.8 Å². The molecule has 7 nitrogen and oxygen atoms in total. The van der Waals surface area contributed by atoms with Gasteiger partial charge in [-0.15, -0.1) is 11.8 Å². The summed E-state index contributed by atoms with van der Waals surface area (Å²) in [7, 11) is 0. The van der Waals surface area contributed by atoms with Gasteiger partial charge in [0.15, 0.2) is 11.5 Å². The molecule has 1 saturated heterocycles. The predicted molar refractivity (Wildman–Crippen MR) is 104 cm³/mol. The predicted octanol–water partition coefficient (Wildman–Crippen LogP) is 2.42. The van der Waals surface area contributed by atoms with Gasteiger partial charge in [0.25, 0.3) is 0 Å². The summed E-state index contributed by atoms with van der Waals surface area (Å²) in [6.07, 6.45) is 1.69. The number of pyridine rings is 1. The van der Waals surface area contributed by atoms with E-state index in [1.54, 1.807) is 6.20 Å². The summed E-state index contributed by atoms with van der Waals surface area (Å²) in [5, 5.41) is 2.88. The van der Waals surface area contributed by atoms with Gasteiger partial charge in [0, 0.05) is 18.0 Å². The van der Waals surface area contributed by atoms with Crippen molar-refractivity contribution in [2.75, 3.05) is 55.5 Å². The third-order valence-corrected chi connectivity index (χ3v) is 5.24. The van der Waals surface area contributed by atoms with Crippen molar-refractivity contribution in [1.29, 1.82) is 0 Å². The van der Waals surface area contributed by atoms with E-state index in [4.69, 9.17) is 14.2 Å². The molecule has 0 saturated carbocycles. The Labute approximate surface area is 162 Å². The van der Waals surface area contributed by atoms with Crippen LogP contribution in [0.25, 0.3) is 0 Å². The first kappa shape index (κ1) is 17.9.